The number of likely N-dealkylation sites (tertiary alicyclic amines) is 1. The quantitative estimate of drug-likeness (QED) is 0.797. The summed E-state index contributed by atoms with van der Waals surface area (Å²) in [6.45, 7) is 2.33. The van der Waals surface area contributed by atoms with Crippen LogP contribution in [0, 0.1) is 5.82 Å². The molecule has 1 unspecified atom stereocenters. The SMILES string of the molecule is CN(C)c1nccc(N(C)C2CCCN(Cc3c(F)cccc3Cl)C2)n1. The lowest BCUT2D eigenvalue weighted by Gasteiger charge is -2.38. The number of hydrogen-bond acceptors (Lipinski definition) is 5. The third-order valence-electron chi connectivity index (χ3n) is 4.86. The van der Waals surface area contributed by atoms with Crippen molar-refractivity contribution in [2.24, 2.45) is 0 Å². The largest absolute Gasteiger partial charge is 0.355 e. The maximum absolute atomic E-state index is 14.1. The normalized spacial score (nSPS) is 18.0. The van der Waals surface area contributed by atoms with Crippen LogP contribution < -0.4 is 9.80 Å². The highest BCUT2D eigenvalue weighted by Crippen LogP contribution is 2.25. The Hall–Kier alpha value is -1.92. The summed E-state index contributed by atoms with van der Waals surface area (Å²) in [7, 11) is 5.92. The van der Waals surface area contributed by atoms with E-state index in [1.807, 2.05) is 25.1 Å². The number of anilines is 2. The first-order valence-corrected chi connectivity index (χ1v) is 9.22. The highest BCUT2D eigenvalue weighted by Gasteiger charge is 2.25. The Balaban J connectivity index is 1.71. The second-order valence-corrected chi connectivity index (χ2v) is 7.36. The van der Waals surface area contributed by atoms with Crippen LogP contribution in [0.2, 0.25) is 5.02 Å². The van der Waals surface area contributed by atoms with E-state index in [-0.39, 0.29) is 5.82 Å². The number of likely N-dealkylation sites (N-methyl/N-ethyl adjacent to an activating group) is 1. The summed E-state index contributed by atoms with van der Waals surface area (Å²) in [6, 6.07) is 7.11. The van der Waals surface area contributed by atoms with E-state index < -0.39 is 0 Å². The lowest BCUT2D eigenvalue weighted by Crippen LogP contribution is -2.46. The molecular weight excluding hydrogens is 353 g/mol. The van der Waals surface area contributed by atoms with E-state index in [9.17, 15) is 4.39 Å². The van der Waals surface area contributed by atoms with E-state index in [1.165, 1.54) is 6.07 Å². The zero-order chi connectivity index (χ0) is 18.7. The van der Waals surface area contributed by atoms with Gasteiger partial charge in [-0.25, -0.2) is 9.37 Å². The van der Waals surface area contributed by atoms with Gasteiger partial charge in [0.2, 0.25) is 5.95 Å². The molecule has 1 aromatic carbocycles. The Morgan fingerprint density at radius 3 is 2.81 bits per heavy atom. The molecule has 0 radical (unpaired) electrons. The Kier molecular flexibility index (Phi) is 5.94. The number of nitrogens with zero attached hydrogens (tertiary/aromatic N) is 5. The molecule has 1 fully saturated rings. The van der Waals surface area contributed by atoms with Crippen LogP contribution in [-0.2, 0) is 6.54 Å². The van der Waals surface area contributed by atoms with Crippen molar-refractivity contribution in [2.45, 2.75) is 25.4 Å². The number of benzene rings is 1. The van der Waals surface area contributed by atoms with E-state index in [0.717, 1.165) is 31.7 Å². The van der Waals surface area contributed by atoms with Crippen molar-refractivity contribution >= 4 is 23.4 Å². The summed E-state index contributed by atoms with van der Waals surface area (Å²) in [6.07, 6.45) is 3.93. The van der Waals surface area contributed by atoms with Crippen molar-refractivity contribution in [1.29, 1.82) is 0 Å². The molecule has 0 bridgehead atoms. The number of rotatable bonds is 5. The average molecular weight is 378 g/mol. The monoisotopic (exact) mass is 377 g/mol. The van der Waals surface area contributed by atoms with E-state index in [4.69, 9.17) is 11.6 Å². The zero-order valence-electron chi connectivity index (χ0n) is 15.5. The third kappa shape index (κ3) is 4.24. The summed E-state index contributed by atoms with van der Waals surface area (Å²) in [4.78, 5) is 15.3. The van der Waals surface area contributed by atoms with Crippen molar-refractivity contribution in [1.82, 2.24) is 14.9 Å². The Bertz CT molecular complexity index is 734. The van der Waals surface area contributed by atoms with Gasteiger partial charge in [-0.15, -0.1) is 0 Å². The molecule has 140 valence electrons. The zero-order valence-corrected chi connectivity index (χ0v) is 16.2. The smallest absolute Gasteiger partial charge is 0.226 e. The molecule has 0 amide bonds. The maximum atomic E-state index is 14.1. The van der Waals surface area contributed by atoms with Gasteiger partial charge in [0.05, 0.1) is 0 Å². The number of aromatic nitrogens is 2. The van der Waals surface area contributed by atoms with Crippen molar-refractivity contribution in [2.75, 3.05) is 44.0 Å². The first-order chi connectivity index (χ1) is 12.5. The Morgan fingerprint density at radius 2 is 2.08 bits per heavy atom. The van der Waals surface area contributed by atoms with Gasteiger partial charge in [-0.05, 0) is 37.6 Å². The van der Waals surface area contributed by atoms with E-state index >= 15 is 0 Å². The molecule has 26 heavy (non-hydrogen) atoms. The molecule has 1 atom stereocenters. The number of piperidine rings is 1. The molecule has 1 aromatic heterocycles. The average Bonchev–Trinajstić information content (AvgIpc) is 2.64. The van der Waals surface area contributed by atoms with Gasteiger partial charge >= 0.3 is 0 Å². The molecule has 0 saturated carbocycles. The molecule has 7 heteroatoms. The molecule has 1 aliphatic rings. The summed E-state index contributed by atoms with van der Waals surface area (Å²) in [5, 5.41) is 0.493. The molecule has 1 saturated heterocycles. The van der Waals surface area contributed by atoms with Gasteiger partial charge in [-0.1, -0.05) is 17.7 Å². The molecule has 5 nitrogen and oxygen atoms in total. The first-order valence-electron chi connectivity index (χ1n) is 8.84. The van der Waals surface area contributed by atoms with Crippen LogP contribution in [0.1, 0.15) is 18.4 Å². The van der Waals surface area contributed by atoms with Crippen molar-refractivity contribution in [3.05, 3.63) is 46.9 Å². The summed E-state index contributed by atoms with van der Waals surface area (Å²) in [5.74, 6) is 1.36. The van der Waals surface area contributed by atoms with E-state index in [0.29, 0.717) is 29.1 Å². The fourth-order valence-corrected chi connectivity index (χ4v) is 3.56. The number of halogens is 2. The summed E-state index contributed by atoms with van der Waals surface area (Å²) in [5.41, 5.74) is 0.578. The minimum atomic E-state index is -0.237. The second kappa shape index (κ2) is 8.18. The van der Waals surface area contributed by atoms with Gasteiger partial charge in [-0.3, -0.25) is 4.90 Å². The number of hydrogen-bond donors (Lipinski definition) is 0. The molecule has 2 heterocycles. The molecule has 2 aromatic rings. The third-order valence-corrected chi connectivity index (χ3v) is 5.22. The fraction of sp³-hybridized carbons (Fsp3) is 0.474. The minimum Gasteiger partial charge on any atom is -0.355 e. The van der Waals surface area contributed by atoms with Crippen LogP contribution in [0.3, 0.4) is 0 Å². The lowest BCUT2D eigenvalue weighted by molar-refractivity contribution is 0.196. The van der Waals surface area contributed by atoms with Crippen molar-refractivity contribution < 1.29 is 4.39 Å². The van der Waals surface area contributed by atoms with Gasteiger partial charge in [-0.2, -0.15) is 4.98 Å². The molecule has 0 N–H and O–H groups in total. The molecular formula is C19H25ClFN5. The standard InChI is InChI=1S/C19H25ClFN5/c1-24(2)19-22-10-9-18(23-19)25(3)14-6-5-11-26(12-14)13-15-16(20)7-4-8-17(15)21/h4,7-10,14H,5-6,11-13H2,1-3H3. The highest BCUT2D eigenvalue weighted by molar-refractivity contribution is 6.31. The topological polar surface area (TPSA) is 35.5 Å². The van der Waals surface area contributed by atoms with Gasteiger partial charge in [0.25, 0.3) is 0 Å². The van der Waals surface area contributed by atoms with Crippen LogP contribution in [0.4, 0.5) is 16.2 Å². The van der Waals surface area contributed by atoms with Crippen LogP contribution in [-0.4, -0.2) is 55.1 Å². The Morgan fingerprint density at radius 1 is 1.27 bits per heavy atom. The minimum absolute atomic E-state index is 0.237. The molecule has 3 rings (SSSR count). The predicted molar refractivity (Wildman–Crippen MR) is 104 cm³/mol. The van der Waals surface area contributed by atoms with Crippen LogP contribution in [0.5, 0.6) is 0 Å². The van der Waals surface area contributed by atoms with Crippen molar-refractivity contribution in [3.63, 3.8) is 0 Å². The van der Waals surface area contributed by atoms with Crippen LogP contribution in [0.25, 0.3) is 0 Å². The fourth-order valence-electron chi connectivity index (χ4n) is 3.34. The van der Waals surface area contributed by atoms with Gasteiger partial charge in [0, 0.05) is 57.1 Å². The van der Waals surface area contributed by atoms with Gasteiger partial charge < -0.3 is 9.80 Å². The van der Waals surface area contributed by atoms with Crippen molar-refractivity contribution in [3.8, 4) is 0 Å². The molecule has 0 aliphatic carbocycles. The summed E-state index contributed by atoms with van der Waals surface area (Å²) < 4.78 is 14.1. The van der Waals surface area contributed by atoms with Crippen LogP contribution in [0.15, 0.2) is 30.5 Å². The molecule has 1 aliphatic heterocycles. The predicted octanol–water partition coefficient (Wildman–Crippen LogP) is 3.44. The van der Waals surface area contributed by atoms with Crippen LogP contribution >= 0.6 is 11.6 Å². The lowest BCUT2D eigenvalue weighted by atomic mass is 10.0. The van der Waals surface area contributed by atoms with E-state index in [1.54, 1.807) is 18.3 Å². The maximum Gasteiger partial charge on any atom is 0.226 e. The van der Waals surface area contributed by atoms with Gasteiger partial charge in [0.15, 0.2) is 0 Å². The second-order valence-electron chi connectivity index (χ2n) is 6.95. The highest BCUT2D eigenvalue weighted by atomic mass is 35.5. The molecule has 0 spiro atoms. The van der Waals surface area contributed by atoms with Gasteiger partial charge in [0.1, 0.15) is 11.6 Å². The Labute approximate surface area is 159 Å². The van der Waals surface area contributed by atoms with E-state index in [2.05, 4.69) is 26.8 Å². The summed E-state index contributed by atoms with van der Waals surface area (Å²) >= 11 is 6.19. The first kappa shape index (κ1) is 18.9.